The number of rotatable bonds is 4. The molecule has 29 heavy (non-hydrogen) atoms. The van der Waals surface area contributed by atoms with Crippen LogP contribution in [0.5, 0.6) is 0 Å². The van der Waals surface area contributed by atoms with E-state index in [4.69, 9.17) is 16.3 Å². The second-order valence-electron chi connectivity index (χ2n) is 9.31. The molecule has 0 spiro atoms. The summed E-state index contributed by atoms with van der Waals surface area (Å²) < 4.78 is 6.18. The first kappa shape index (κ1) is 19.8. The Morgan fingerprint density at radius 1 is 1.03 bits per heavy atom. The lowest BCUT2D eigenvalue weighted by molar-refractivity contribution is -0.139. The van der Waals surface area contributed by atoms with Crippen molar-refractivity contribution < 1.29 is 9.53 Å². The Hall–Kier alpha value is -1.14. The van der Waals surface area contributed by atoms with Gasteiger partial charge in [-0.05, 0) is 49.8 Å². The molecule has 6 heteroatoms. The largest absolute Gasteiger partial charge is 0.371 e. The van der Waals surface area contributed by atoms with E-state index in [2.05, 4.69) is 27.2 Å². The molecule has 5 rings (SSSR count). The zero-order valence-corrected chi connectivity index (χ0v) is 17.8. The van der Waals surface area contributed by atoms with E-state index in [1.165, 1.54) is 12.0 Å². The highest BCUT2D eigenvalue weighted by Crippen LogP contribution is 2.32. The van der Waals surface area contributed by atoms with Crippen LogP contribution in [-0.2, 0) is 9.53 Å². The Morgan fingerprint density at radius 3 is 2.48 bits per heavy atom. The van der Waals surface area contributed by atoms with Gasteiger partial charge in [-0.3, -0.25) is 9.69 Å². The van der Waals surface area contributed by atoms with Gasteiger partial charge in [0.05, 0.1) is 12.7 Å². The molecule has 4 fully saturated rings. The molecule has 1 saturated carbocycles. The highest BCUT2D eigenvalue weighted by molar-refractivity contribution is 6.30. The van der Waals surface area contributed by atoms with Crippen molar-refractivity contribution in [2.75, 3.05) is 32.8 Å². The average Bonchev–Trinajstić information content (AvgIpc) is 3.09. The number of hydrogen-bond donors (Lipinski definition) is 1. The third-order valence-corrected chi connectivity index (χ3v) is 7.64. The van der Waals surface area contributed by atoms with Crippen molar-refractivity contribution in [3.05, 3.63) is 34.9 Å². The van der Waals surface area contributed by atoms with E-state index < -0.39 is 0 Å². The summed E-state index contributed by atoms with van der Waals surface area (Å²) in [5, 5.41) is 4.67. The van der Waals surface area contributed by atoms with Gasteiger partial charge in [-0.1, -0.05) is 30.2 Å². The Morgan fingerprint density at radius 2 is 1.79 bits per heavy atom. The summed E-state index contributed by atoms with van der Waals surface area (Å²) in [6, 6.07) is 9.66. The van der Waals surface area contributed by atoms with Crippen LogP contribution in [0.25, 0.3) is 0 Å². The van der Waals surface area contributed by atoms with Crippen molar-refractivity contribution in [2.24, 2.45) is 5.92 Å². The lowest BCUT2D eigenvalue weighted by atomic mass is 9.84. The number of morpholine rings is 1. The number of likely N-dealkylation sites (tertiary alicyclic amines) is 1. The Kier molecular flexibility index (Phi) is 5.83. The van der Waals surface area contributed by atoms with E-state index in [0.29, 0.717) is 30.0 Å². The number of ether oxygens (including phenoxy) is 1. The van der Waals surface area contributed by atoms with Gasteiger partial charge in [-0.15, -0.1) is 0 Å². The Balaban J connectivity index is 1.09. The molecule has 158 valence electrons. The smallest absolute Gasteiger partial charge is 0.225 e. The molecule has 3 aliphatic heterocycles. The first-order valence-corrected chi connectivity index (χ1v) is 11.7. The molecule has 5 nitrogen and oxygen atoms in total. The Labute approximate surface area is 178 Å². The number of nitrogens with zero attached hydrogens (tertiary/aromatic N) is 2. The van der Waals surface area contributed by atoms with Crippen LogP contribution >= 0.6 is 11.6 Å². The molecule has 0 aromatic heterocycles. The minimum Gasteiger partial charge on any atom is -0.371 e. The highest BCUT2D eigenvalue weighted by Gasteiger charge is 2.39. The molecule has 1 N–H and O–H groups in total. The second-order valence-corrected chi connectivity index (χ2v) is 9.74. The SMILES string of the molecule is O=C(C1CCC1)N1CCC(N[C@@H]2C[C@H]3CO[C@@H](c4ccc(Cl)cc4)CN3C2)CC1. The first-order valence-electron chi connectivity index (χ1n) is 11.3. The summed E-state index contributed by atoms with van der Waals surface area (Å²) in [5.74, 6) is 0.747. The number of nitrogens with one attached hydrogen (secondary N) is 1. The molecule has 3 heterocycles. The first-order chi connectivity index (χ1) is 14.2. The summed E-state index contributed by atoms with van der Waals surface area (Å²) in [6.07, 6.45) is 6.92. The minimum atomic E-state index is 0.142. The number of carbonyl (C=O) groups excluding carboxylic acids is 1. The van der Waals surface area contributed by atoms with Crippen molar-refractivity contribution in [2.45, 2.75) is 62.8 Å². The molecule has 1 aromatic rings. The van der Waals surface area contributed by atoms with Gasteiger partial charge < -0.3 is 15.0 Å². The predicted molar refractivity (Wildman–Crippen MR) is 114 cm³/mol. The van der Waals surface area contributed by atoms with Crippen molar-refractivity contribution in [1.29, 1.82) is 0 Å². The predicted octanol–water partition coefficient (Wildman–Crippen LogP) is 3.23. The van der Waals surface area contributed by atoms with Crippen LogP contribution in [0.4, 0.5) is 0 Å². The summed E-state index contributed by atoms with van der Waals surface area (Å²) in [4.78, 5) is 17.2. The van der Waals surface area contributed by atoms with Crippen LogP contribution in [0.2, 0.25) is 5.02 Å². The van der Waals surface area contributed by atoms with Gasteiger partial charge in [-0.2, -0.15) is 0 Å². The van der Waals surface area contributed by atoms with Crippen molar-refractivity contribution >= 4 is 17.5 Å². The van der Waals surface area contributed by atoms with Gasteiger partial charge in [0.1, 0.15) is 0 Å². The van der Waals surface area contributed by atoms with E-state index in [9.17, 15) is 4.79 Å². The standard InChI is InChI=1S/C23H32ClN3O2/c24-18-6-4-16(5-7-18)22-14-27-13-20(12-21(27)15-29-22)25-19-8-10-26(11-9-19)23(28)17-2-1-3-17/h4-7,17,19-22,25H,1-3,8-15H2/t20-,21+,22-/m1/s1. The maximum absolute atomic E-state index is 12.4. The summed E-state index contributed by atoms with van der Waals surface area (Å²) in [6.45, 7) is 4.71. The van der Waals surface area contributed by atoms with Gasteiger partial charge in [0.2, 0.25) is 5.91 Å². The van der Waals surface area contributed by atoms with E-state index in [1.807, 2.05) is 12.1 Å². The number of amides is 1. The van der Waals surface area contributed by atoms with Crippen LogP contribution in [0.15, 0.2) is 24.3 Å². The van der Waals surface area contributed by atoms with Crippen LogP contribution < -0.4 is 5.32 Å². The zero-order chi connectivity index (χ0) is 19.8. The zero-order valence-electron chi connectivity index (χ0n) is 17.1. The molecule has 1 aliphatic carbocycles. The molecular formula is C23H32ClN3O2. The van der Waals surface area contributed by atoms with Gasteiger partial charge in [0.15, 0.2) is 0 Å². The van der Waals surface area contributed by atoms with Crippen LogP contribution in [0.3, 0.4) is 0 Å². The van der Waals surface area contributed by atoms with Crippen molar-refractivity contribution in [3.8, 4) is 0 Å². The number of hydrogen-bond acceptors (Lipinski definition) is 4. The summed E-state index contributed by atoms with van der Waals surface area (Å²) in [7, 11) is 0. The number of fused-ring (bicyclic) bond motifs is 1. The fourth-order valence-electron chi connectivity index (χ4n) is 5.39. The molecule has 0 bridgehead atoms. The number of carbonyl (C=O) groups is 1. The molecule has 1 aromatic carbocycles. The van der Waals surface area contributed by atoms with Gasteiger partial charge in [-0.25, -0.2) is 0 Å². The summed E-state index contributed by atoms with van der Waals surface area (Å²) >= 11 is 6.02. The van der Waals surface area contributed by atoms with Crippen LogP contribution in [0, 0.1) is 5.92 Å². The average molecular weight is 418 g/mol. The molecular weight excluding hydrogens is 386 g/mol. The molecule has 0 radical (unpaired) electrons. The fourth-order valence-corrected chi connectivity index (χ4v) is 5.51. The second kappa shape index (κ2) is 8.54. The molecule has 3 atom stereocenters. The van der Waals surface area contributed by atoms with Gasteiger partial charge in [0.25, 0.3) is 0 Å². The van der Waals surface area contributed by atoms with Gasteiger partial charge >= 0.3 is 0 Å². The maximum Gasteiger partial charge on any atom is 0.225 e. The molecule has 4 aliphatic rings. The van der Waals surface area contributed by atoms with Crippen LogP contribution in [-0.4, -0.2) is 66.6 Å². The van der Waals surface area contributed by atoms with E-state index in [1.54, 1.807) is 0 Å². The van der Waals surface area contributed by atoms with Crippen molar-refractivity contribution in [1.82, 2.24) is 15.1 Å². The van der Waals surface area contributed by atoms with E-state index in [-0.39, 0.29) is 6.10 Å². The van der Waals surface area contributed by atoms with E-state index >= 15 is 0 Å². The van der Waals surface area contributed by atoms with E-state index in [0.717, 1.165) is 69.9 Å². The lowest BCUT2D eigenvalue weighted by Crippen LogP contribution is -2.50. The number of benzene rings is 1. The maximum atomic E-state index is 12.4. The monoisotopic (exact) mass is 417 g/mol. The molecule has 1 amide bonds. The normalized spacial score (nSPS) is 31.5. The molecule has 0 unspecified atom stereocenters. The third-order valence-electron chi connectivity index (χ3n) is 7.39. The van der Waals surface area contributed by atoms with Crippen LogP contribution in [0.1, 0.15) is 50.2 Å². The minimum absolute atomic E-state index is 0.142. The number of piperidine rings is 1. The lowest BCUT2D eigenvalue weighted by Gasteiger charge is -2.37. The fraction of sp³-hybridized carbons (Fsp3) is 0.696. The molecule has 3 saturated heterocycles. The van der Waals surface area contributed by atoms with Crippen molar-refractivity contribution in [3.63, 3.8) is 0 Å². The number of halogens is 1. The summed E-state index contributed by atoms with van der Waals surface area (Å²) in [5.41, 5.74) is 1.22. The highest BCUT2D eigenvalue weighted by atomic mass is 35.5. The third kappa shape index (κ3) is 4.34. The Bertz CT molecular complexity index is 715. The quantitative estimate of drug-likeness (QED) is 0.816. The van der Waals surface area contributed by atoms with Gasteiger partial charge in [0, 0.05) is 55.2 Å². The topological polar surface area (TPSA) is 44.8 Å².